The van der Waals surface area contributed by atoms with Crippen LogP contribution in [0.2, 0.25) is 0 Å². The SMILES string of the molecule is Cn1c(SCN2C=C(c3cccc(C(O)C(O)c4cccc(-c5nc(CCl)no5)c4)c3)ON2)nnc1-c1cccs1. The molecule has 0 bridgehead atoms. The first-order chi connectivity index (χ1) is 20.0. The predicted molar refractivity (Wildman–Crippen MR) is 155 cm³/mol. The van der Waals surface area contributed by atoms with Crippen molar-refractivity contribution in [1.82, 2.24) is 35.5 Å². The normalized spacial score (nSPS) is 14.6. The summed E-state index contributed by atoms with van der Waals surface area (Å²) in [5.41, 5.74) is 5.26. The molecule has 210 valence electrons. The number of alkyl halides is 1. The van der Waals surface area contributed by atoms with Gasteiger partial charge in [0.2, 0.25) is 0 Å². The number of benzene rings is 2. The molecule has 1 aliphatic heterocycles. The van der Waals surface area contributed by atoms with Gasteiger partial charge >= 0.3 is 0 Å². The zero-order chi connectivity index (χ0) is 28.3. The second-order valence-corrected chi connectivity index (χ2v) is 11.2. The molecule has 4 heterocycles. The Morgan fingerprint density at radius 1 is 1.02 bits per heavy atom. The molecule has 1 aliphatic rings. The van der Waals surface area contributed by atoms with Crippen molar-refractivity contribution in [2.24, 2.45) is 7.05 Å². The first-order valence-electron chi connectivity index (χ1n) is 12.4. The highest BCUT2D eigenvalue weighted by Crippen LogP contribution is 2.33. The van der Waals surface area contributed by atoms with Gasteiger partial charge in [0.05, 0.1) is 22.8 Å². The molecule has 0 saturated carbocycles. The Labute approximate surface area is 248 Å². The maximum absolute atomic E-state index is 11.0. The number of aliphatic hydroxyl groups excluding tert-OH is 2. The van der Waals surface area contributed by atoms with Crippen LogP contribution in [-0.2, 0) is 17.8 Å². The predicted octanol–water partition coefficient (Wildman–Crippen LogP) is 4.90. The van der Waals surface area contributed by atoms with Crippen molar-refractivity contribution >= 4 is 40.5 Å². The topological polar surface area (TPSA) is 135 Å². The van der Waals surface area contributed by atoms with Crippen LogP contribution in [0.1, 0.15) is 34.7 Å². The van der Waals surface area contributed by atoms with E-state index in [0.717, 1.165) is 21.4 Å². The van der Waals surface area contributed by atoms with Crippen molar-refractivity contribution in [2.45, 2.75) is 23.2 Å². The van der Waals surface area contributed by atoms with Gasteiger partial charge in [0.25, 0.3) is 5.89 Å². The lowest BCUT2D eigenvalue weighted by Crippen LogP contribution is -2.27. The maximum Gasteiger partial charge on any atom is 0.257 e. The van der Waals surface area contributed by atoms with E-state index in [1.54, 1.807) is 58.8 Å². The molecule has 0 radical (unpaired) electrons. The summed E-state index contributed by atoms with van der Waals surface area (Å²) in [5.74, 6) is 2.70. The third-order valence-corrected chi connectivity index (χ3v) is 8.46. The Morgan fingerprint density at radius 3 is 2.49 bits per heavy atom. The first-order valence-corrected chi connectivity index (χ1v) is 14.8. The van der Waals surface area contributed by atoms with Gasteiger partial charge in [-0.2, -0.15) is 4.98 Å². The molecule has 2 aromatic carbocycles. The van der Waals surface area contributed by atoms with E-state index in [9.17, 15) is 10.2 Å². The lowest BCUT2D eigenvalue weighted by atomic mass is 9.95. The minimum Gasteiger partial charge on any atom is -0.387 e. The molecule has 3 aromatic heterocycles. The van der Waals surface area contributed by atoms with Crippen LogP contribution in [0.4, 0.5) is 0 Å². The summed E-state index contributed by atoms with van der Waals surface area (Å²) in [6.07, 6.45) is -0.564. The van der Waals surface area contributed by atoms with Gasteiger partial charge in [-0.3, -0.25) is 5.01 Å². The summed E-state index contributed by atoms with van der Waals surface area (Å²) in [7, 11) is 1.94. The van der Waals surface area contributed by atoms with Crippen molar-refractivity contribution in [3.05, 3.63) is 94.8 Å². The number of nitrogens with zero attached hydrogens (tertiary/aromatic N) is 6. The molecule has 0 amide bonds. The highest BCUT2D eigenvalue weighted by Gasteiger charge is 2.24. The van der Waals surface area contributed by atoms with E-state index in [1.165, 1.54) is 11.8 Å². The standard InChI is InChI=1S/C27H24ClN7O4S2/c1-34-25(21-9-4-10-40-21)30-31-27(34)41-15-35-14-20(38-33-35)16-5-2-6-17(11-16)23(36)24(37)18-7-3-8-19(12-18)26-29-22(13-28)32-39-26/h2-12,14,23-24,33,36-37H,13,15H2,1H3. The third kappa shape index (κ3) is 5.86. The average molecular weight is 610 g/mol. The summed E-state index contributed by atoms with van der Waals surface area (Å²) in [4.78, 5) is 11.0. The van der Waals surface area contributed by atoms with Crippen LogP contribution in [0.25, 0.3) is 27.9 Å². The molecule has 11 nitrogen and oxygen atoms in total. The molecular weight excluding hydrogens is 586 g/mol. The maximum atomic E-state index is 11.0. The van der Waals surface area contributed by atoms with Crippen molar-refractivity contribution in [1.29, 1.82) is 0 Å². The second-order valence-electron chi connectivity index (χ2n) is 9.06. The van der Waals surface area contributed by atoms with Gasteiger partial charge in [0.15, 0.2) is 22.6 Å². The summed E-state index contributed by atoms with van der Waals surface area (Å²) >= 11 is 8.89. The van der Waals surface area contributed by atoms with E-state index in [0.29, 0.717) is 34.2 Å². The van der Waals surface area contributed by atoms with Gasteiger partial charge in [0.1, 0.15) is 12.2 Å². The molecule has 5 aromatic rings. The number of aromatic nitrogens is 5. The van der Waals surface area contributed by atoms with Crippen molar-refractivity contribution in [3.8, 4) is 22.2 Å². The van der Waals surface area contributed by atoms with E-state index < -0.39 is 12.2 Å². The molecule has 0 spiro atoms. The monoisotopic (exact) mass is 609 g/mol. The van der Waals surface area contributed by atoms with Crippen molar-refractivity contribution in [3.63, 3.8) is 0 Å². The fourth-order valence-corrected chi connectivity index (χ4v) is 5.82. The summed E-state index contributed by atoms with van der Waals surface area (Å²) in [5, 5.41) is 39.0. The minimum absolute atomic E-state index is 0.131. The number of rotatable bonds is 10. The smallest absolute Gasteiger partial charge is 0.257 e. The van der Waals surface area contributed by atoms with E-state index in [2.05, 4.69) is 25.9 Å². The third-order valence-electron chi connectivity index (χ3n) is 6.33. The van der Waals surface area contributed by atoms with Crippen LogP contribution in [0.3, 0.4) is 0 Å². The van der Waals surface area contributed by atoms with E-state index in [4.69, 9.17) is 21.0 Å². The molecular formula is C27H24ClN7O4S2. The quantitative estimate of drug-likeness (QED) is 0.147. The molecule has 2 unspecified atom stereocenters. The summed E-state index contributed by atoms with van der Waals surface area (Å²) in [6.45, 7) is 0. The lowest BCUT2D eigenvalue weighted by molar-refractivity contribution is 0.0172. The Balaban J connectivity index is 1.12. The van der Waals surface area contributed by atoms with Crippen LogP contribution < -0.4 is 5.59 Å². The molecule has 2 atom stereocenters. The molecule has 14 heteroatoms. The van der Waals surface area contributed by atoms with Gasteiger partial charge in [-0.15, -0.1) is 33.1 Å². The number of halogens is 1. The molecule has 0 saturated heterocycles. The van der Waals surface area contributed by atoms with Gasteiger partial charge in [-0.25, -0.2) is 0 Å². The number of thioether (sulfide) groups is 1. The zero-order valence-corrected chi connectivity index (χ0v) is 24.0. The van der Waals surface area contributed by atoms with Crippen LogP contribution >= 0.6 is 34.7 Å². The summed E-state index contributed by atoms with van der Waals surface area (Å²) < 4.78 is 7.20. The first kappa shape index (κ1) is 27.4. The molecule has 0 fully saturated rings. The molecule has 0 aliphatic carbocycles. The van der Waals surface area contributed by atoms with Gasteiger partial charge in [-0.05, 0) is 40.8 Å². The van der Waals surface area contributed by atoms with Crippen LogP contribution in [0.5, 0.6) is 0 Å². The summed E-state index contributed by atoms with van der Waals surface area (Å²) in [6, 6.07) is 18.2. The van der Waals surface area contributed by atoms with E-state index >= 15 is 0 Å². The molecule has 41 heavy (non-hydrogen) atoms. The van der Waals surface area contributed by atoms with Gasteiger partial charge < -0.3 is 24.1 Å². The van der Waals surface area contributed by atoms with E-state index in [1.807, 2.05) is 41.4 Å². The Kier molecular flexibility index (Phi) is 8.05. The largest absolute Gasteiger partial charge is 0.387 e. The Hall–Kier alpha value is -3.72. The zero-order valence-electron chi connectivity index (χ0n) is 21.6. The van der Waals surface area contributed by atoms with E-state index in [-0.39, 0.29) is 11.8 Å². The van der Waals surface area contributed by atoms with Crippen molar-refractivity contribution < 1.29 is 19.6 Å². The fourth-order valence-electron chi connectivity index (χ4n) is 4.21. The van der Waals surface area contributed by atoms with Crippen LogP contribution in [0.15, 0.2) is 81.9 Å². The Bertz CT molecular complexity index is 1670. The van der Waals surface area contributed by atoms with Crippen molar-refractivity contribution in [2.75, 3.05) is 5.88 Å². The fraction of sp³-hybridized carbons (Fsp3) is 0.185. The lowest BCUT2D eigenvalue weighted by Gasteiger charge is -2.19. The molecule has 3 N–H and O–H groups in total. The minimum atomic E-state index is -1.20. The number of nitrogens with one attached hydrogen (secondary N) is 1. The molecule has 6 rings (SSSR count). The van der Waals surface area contributed by atoms with Crippen LogP contribution in [0, 0.1) is 0 Å². The highest BCUT2D eigenvalue weighted by atomic mass is 35.5. The number of aliphatic hydroxyl groups is 2. The van der Waals surface area contributed by atoms with Gasteiger partial charge in [0, 0.05) is 18.2 Å². The average Bonchev–Trinajstić information content (AvgIpc) is 3.83. The van der Waals surface area contributed by atoms with Gasteiger partial charge in [-0.1, -0.05) is 58.9 Å². The number of thiophene rings is 1. The number of hydrogen-bond donors (Lipinski definition) is 3. The number of hydrazine groups is 1. The highest BCUT2D eigenvalue weighted by molar-refractivity contribution is 7.99. The number of hydrogen-bond acceptors (Lipinski definition) is 12. The van der Waals surface area contributed by atoms with Crippen LogP contribution in [-0.4, -0.2) is 46.0 Å². The Morgan fingerprint density at radius 2 is 1.78 bits per heavy atom. The second kappa shape index (κ2) is 12.0.